The van der Waals surface area contributed by atoms with Gasteiger partial charge in [-0.05, 0) is 6.92 Å². The number of carbonyl (C=O) groups excluding carboxylic acids is 1. The van der Waals surface area contributed by atoms with Crippen LogP contribution in [0.5, 0.6) is 0 Å². The first-order valence-electron chi connectivity index (χ1n) is 8.63. The number of amides is 1. The van der Waals surface area contributed by atoms with E-state index in [9.17, 15) is 9.59 Å². The number of aromatic nitrogens is 1. The molecule has 2 heterocycles. The SMILES string of the molecule is Cc1ccc(-c2cnc(CCC(=O)N3CCSCC3CC(=O)O)o2)cc1. The van der Waals surface area contributed by atoms with Crippen LogP contribution in [0.1, 0.15) is 24.3 Å². The van der Waals surface area contributed by atoms with Gasteiger partial charge in [-0.1, -0.05) is 29.8 Å². The van der Waals surface area contributed by atoms with Gasteiger partial charge in [-0.2, -0.15) is 11.8 Å². The van der Waals surface area contributed by atoms with E-state index in [1.54, 1.807) is 22.9 Å². The Hall–Kier alpha value is -2.28. The number of thioether (sulfide) groups is 1. The Morgan fingerprint density at radius 1 is 1.35 bits per heavy atom. The van der Waals surface area contributed by atoms with Crippen molar-refractivity contribution in [2.45, 2.75) is 32.2 Å². The van der Waals surface area contributed by atoms with E-state index in [1.165, 1.54) is 5.56 Å². The zero-order chi connectivity index (χ0) is 18.5. The molecule has 1 N–H and O–H groups in total. The smallest absolute Gasteiger partial charge is 0.305 e. The van der Waals surface area contributed by atoms with Crippen LogP contribution in [0.15, 0.2) is 34.9 Å². The van der Waals surface area contributed by atoms with Gasteiger partial charge in [-0.15, -0.1) is 0 Å². The van der Waals surface area contributed by atoms with E-state index in [0.717, 1.165) is 11.3 Å². The third-order valence-electron chi connectivity index (χ3n) is 4.40. The molecule has 7 heteroatoms. The van der Waals surface area contributed by atoms with Gasteiger partial charge in [0.2, 0.25) is 5.91 Å². The molecule has 3 rings (SSSR count). The topological polar surface area (TPSA) is 83.6 Å². The minimum Gasteiger partial charge on any atom is -0.481 e. The molecule has 1 aromatic carbocycles. The highest BCUT2D eigenvalue weighted by Crippen LogP contribution is 2.23. The van der Waals surface area contributed by atoms with E-state index in [-0.39, 0.29) is 24.8 Å². The van der Waals surface area contributed by atoms with Crippen LogP contribution in [0.25, 0.3) is 11.3 Å². The molecule has 1 fully saturated rings. The van der Waals surface area contributed by atoms with E-state index >= 15 is 0 Å². The van der Waals surface area contributed by atoms with Gasteiger partial charge in [-0.25, -0.2) is 4.98 Å². The van der Waals surface area contributed by atoms with E-state index in [2.05, 4.69) is 4.98 Å². The van der Waals surface area contributed by atoms with Gasteiger partial charge < -0.3 is 14.4 Å². The van der Waals surface area contributed by atoms with Crippen molar-refractivity contribution in [1.82, 2.24) is 9.88 Å². The molecule has 1 unspecified atom stereocenters. The fraction of sp³-hybridized carbons (Fsp3) is 0.421. The Morgan fingerprint density at radius 2 is 2.12 bits per heavy atom. The zero-order valence-electron chi connectivity index (χ0n) is 14.7. The molecule has 1 amide bonds. The van der Waals surface area contributed by atoms with E-state index in [0.29, 0.717) is 30.4 Å². The Balaban J connectivity index is 1.59. The molecule has 1 aromatic heterocycles. The quantitative estimate of drug-likeness (QED) is 0.837. The fourth-order valence-corrected chi connectivity index (χ4v) is 4.05. The molecule has 0 radical (unpaired) electrons. The standard InChI is InChI=1S/C19H22N2O4S/c1-13-2-4-14(5-3-13)16-11-20-17(25-16)6-7-18(22)21-8-9-26-12-15(21)10-19(23)24/h2-5,11,15H,6-10,12H2,1H3,(H,23,24). The minimum atomic E-state index is -0.870. The summed E-state index contributed by atoms with van der Waals surface area (Å²) in [6.07, 6.45) is 2.35. The molecule has 138 valence electrons. The van der Waals surface area contributed by atoms with Crippen LogP contribution in [-0.4, -0.2) is 51.0 Å². The van der Waals surface area contributed by atoms with E-state index < -0.39 is 5.97 Å². The predicted molar refractivity (Wildman–Crippen MR) is 100 cm³/mol. The summed E-state index contributed by atoms with van der Waals surface area (Å²) in [5.74, 6) is 1.82. The van der Waals surface area contributed by atoms with Gasteiger partial charge in [0.05, 0.1) is 18.7 Å². The summed E-state index contributed by atoms with van der Waals surface area (Å²) in [4.78, 5) is 29.5. The Kier molecular flexibility index (Phi) is 5.98. The number of carboxylic acids is 1. The Morgan fingerprint density at radius 3 is 2.85 bits per heavy atom. The van der Waals surface area contributed by atoms with Crippen LogP contribution >= 0.6 is 11.8 Å². The molecule has 2 aromatic rings. The lowest BCUT2D eigenvalue weighted by molar-refractivity contribution is -0.140. The first-order valence-corrected chi connectivity index (χ1v) is 9.79. The van der Waals surface area contributed by atoms with Crippen molar-refractivity contribution < 1.29 is 19.1 Å². The van der Waals surface area contributed by atoms with Crippen LogP contribution in [0.2, 0.25) is 0 Å². The predicted octanol–water partition coefficient (Wildman–Crippen LogP) is 3.00. The molecule has 0 aliphatic carbocycles. The number of carboxylic acid groups (broad SMARTS) is 1. The highest BCUT2D eigenvalue weighted by Gasteiger charge is 2.28. The summed E-state index contributed by atoms with van der Waals surface area (Å²) in [7, 11) is 0. The molecular formula is C19H22N2O4S. The van der Waals surface area contributed by atoms with Gasteiger partial charge in [-0.3, -0.25) is 9.59 Å². The number of hydrogen-bond donors (Lipinski definition) is 1. The maximum absolute atomic E-state index is 12.5. The lowest BCUT2D eigenvalue weighted by atomic mass is 10.1. The minimum absolute atomic E-state index is 0.00465. The average molecular weight is 374 g/mol. The molecule has 0 saturated carbocycles. The first-order chi connectivity index (χ1) is 12.5. The molecule has 1 saturated heterocycles. The van der Waals surface area contributed by atoms with Crippen LogP contribution < -0.4 is 0 Å². The third-order valence-corrected chi connectivity index (χ3v) is 5.49. The van der Waals surface area contributed by atoms with Crippen molar-refractivity contribution in [3.63, 3.8) is 0 Å². The van der Waals surface area contributed by atoms with Crippen LogP contribution in [0.3, 0.4) is 0 Å². The average Bonchev–Trinajstić information content (AvgIpc) is 3.09. The first kappa shape index (κ1) is 18.5. The van der Waals surface area contributed by atoms with E-state index in [1.807, 2.05) is 31.2 Å². The van der Waals surface area contributed by atoms with Crippen molar-refractivity contribution in [2.24, 2.45) is 0 Å². The number of benzene rings is 1. The van der Waals surface area contributed by atoms with Crippen molar-refractivity contribution in [3.05, 3.63) is 41.9 Å². The number of aryl methyl sites for hydroxylation is 2. The highest BCUT2D eigenvalue weighted by atomic mass is 32.2. The van der Waals surface area contributed by atoms with Crippen LogP contribution in [0, 0.1) is 6.92 Å². The number of nitrogens with zero attached hydrogens (tertiary/aromatic N) is 2. The summed E-state index contributed by atoms with van der Waals surface area (Å²) in [5.41, 5.74) is 2.13. The second-order valence-corrected chi connectivity index (χ2v) is 7.55. The Labute approximate surface area is 156 Å². The summed E-state index contributed by atoms with van der Waals surface area (Å²) >= 11 is 1.69. The summed E-state index contributed by atoms with van der Waals surface area (Å²) in [6.45, 7) is 2.62. The fourth-order valence-electron chi connectivity index (χ4n) is 2.99. The maximum atomic E-state index is 12.5. The second-order valence-electron chi connectivity index (χ2n) is 6.40. The molecule has 6 nitrogen and oxygen atoms in total. The maximum Gasteiger partial charge on any atom is 0.305 e. The van der Waals surface area contributed by atoms with Gasteiger partial charge in [0.25, 0.3) is 0 Å². The second kappa shape index (κ2) is 8.40. The summed E-state index contributed by atoms with van der Waals surface area (Å²) in [5, 5.41) is 9.03. The lowest BCUT2D eigenvalue weighted by Gasteiger charge is -2.34. The number of rotatable bonds is 6. The highest BCUT2D eigenvalue weighted by molar-refractivity contribution is 7.99. The largest absolute Gasteiger partial charge is 0.481 e. The molecule has 1 aliphatic heterocycles. The normalized spacial score (nSPS) is 17.3. The van der Waals surface area contributed by atoms with Gasteiger partial charge in [0.1, 0.15) is 0 Å². The lowest BCUT2D eigenvalue weighted by Crippen LogP contribution is -2.47. The summed E-state index contributed by atoms with van der Waals surface area (Å²) in [6, 6.07) is 7.75. The molecule has 26 heavy (non-hydrogen) atoms. The molecule has 1 atom stereocenters. The number of carbonyl (C=O) groups is 2. The van der Waals surface area contributed by atoms with Gasteiger partial charge >= 0.3 is 5.97 Å². The zero-order valence-corrected chi connectivity index (χ0v) is 15.5. The van der Waals surface area contributed by atoms with Crippen molar-refractivity contribution >= 4 is 23.6 Å². The molecule has 1 aliphatic rings. The van der Waals surface area contributed by atoms with Crippen molar-refractivity contribution in [2.75, 3.05) is 18.1 Å². The van der Waals surface area contributed by atoms with Crippen LogP contribution in [0.4, 0.5) is 0 Å². The number of aliphatic carboxylic acids is 1. The third kappa shape index (κ3) is 4.66. The van der Waals surface area contributed by atoms with Crippen LogP contribution in [-0.2, 0) is 16.0 Å². The number of oxazole rings is 1. The number of hydrogen-bond acceptors (Lipinski definition) is 5. The van der Waals surface area contributed by atoms with Crippen molar-refractivity contribution in [3.8, 4) is 11.3 Å². The molecule has 0 spiro atoms. The molecular weight excluding hydrogens is 352 g/mol. The van der Waals surface area contributed by atoms with E-state index in [4.69, 9.17) is 9.52 Å². The van der Waals surface area contributed by atoms with Crippen molar-refractivity contribution in [1.29, 1.82) is 0 Å². The summed E-state index contributed by atoms with van der Waals surface area (Å²) < 4.78 is 5.76. The van der Waals surface area contributed by atoms with Gasteiger partial charge in [0.15, 0.2) is 11.7 Å². The molecule has 0 bridgehead atoms. The Bertz CT molecular complexity index is 772. The monoisotopic (exact) mass is 374 g/mol. The van der Waals surface area contributed by atoms with Gasteiger partial charge in [0, 0.05) is 36.5 Å².